The first-order valence-electron chi connectivity index (χ1n) is 12.2. The molecule has 1 aromatic carbocycles. The Hall–Kier alpha value is -2.71. The predicted molar refractivity (Wildman–Crippen MR) is 128 cm³/mol. The standard InChI is InChI=1S/C25H34N6O2/c1-3-31-23-21(16-33-25(31)32)15-27-24(29-23)28-17(2)19-6-8-20(9-7-19)22(14-18-4-5-18)30-12-10-26-11-13-30/h6-9,15,17-18,22,26H,3-5,10-14,16H2,1-2H3,(H,27,28,29)/t17-,22-/m0/s1. The largest absolute Gasteiger partial charge is 0.444 e. The van der Waals surface area contributed by atoms with E-state index >= 15 is 0 Å². The van der Waals surface area contributed by atoms with Crippen molar-refractivity contribution in [3.8, 4) is 0 Å². The number of fused-ring (bicyclic) bond motifs is 1. The molecule has 2 N–H and O–H groups in total. The Morgan fingerprint density at radius 3 is 2.61 bits per heavy atom. The van der Waals surface area contributed by atoms with Gasteiger partial charge < -0.3 is 15.4 Å². The zero-order valence-corrected chi connectivity index (χ0v) is 19.6. The fourth-order valence-electron chi connectivity index (χ4n) is 4.83. The van der Waals surface area contributed by atoms with Gasteiger partial charge in [-0.3, -0.25) is 9.80 Å². The lowest BCUT2D eigenvalue weighted by atomic mass is 9.96. The molecule has 2 aliphatic heterocycles. The van der Waals surface area contributed by atoms with E-state index in [-0.39, 0.29) is 18.7 Å². The van der Waals surface area contributed by atoms with E-state index < -0.39 is 0 Å². The molecule has 2 aromatic rings. The van der Waals surface area contributed by atoms with Crippen molar-refractivity contribution in [1.82, 2.24) is 20.2 Å². The number of anilines is 2. The zero-order valence-electron chi connectivity index (χ0n) is 19.6. The van der Waals surface area contributed by atoms with Gasteiger partial charge in [0.1, 0.15) is 12.4 Å². The van der Waals surface area contributed by atoms with Gasteiger partial charge >= 0.3 is 6.09 Å². The number of carbonyl (C=O) groups excluding carboxylic acids is 1. The lowest BCUT2D eigenvalue weighted by Crippen LogP contribution is -2.45. The number of cyclic esters (lactones) is 1. The number of benzene rings is 1. The monoisotopic (exact) mass is 450 g/mol. The van der Waals surface area contributed by atoms with E-state index in [2.05, 4.69) is 56.7 Å². The molecule has 0 unspecified atom stereocenters. The number of piperazine rings is 1. The molecule has 2 atom stereocenters. The molecular weight excluding hydrogens is 416 g/mol. The summed E-state index contributed by atoms with van der Waals surface area (Å²) in [6.07, 6.45) is 5.42. The molecular formula is C25H34N6O2. The van der Waals surface area contributed by atoms with E-state index in [4.69, 9.17) is 4.74 Å². The highest BCUT2D eigenvalue weighted by Crippen LogP contribution is 2.40. The van der Waals surface area contributed by atoms with Gasteiger partial charge in [0.05, 0.1) is 11.6 Å². The summed E-state index contributed by atoms with van der Waals surface area (Å²) in [6.45, 7) is 9.15. The maximum atomic E-state index is 12.0. The van der Waals surface area contributed by atoms with Crippen LogP contribution in [0.4, 0.5) is 16.6 Å². The van der Waals surface area contributed by atoms with Crippen LogP contribution in [0.3, 0.4) is 0 Å². The molecule has 1 aromatic heterocycles. The molecule has 2 fully saturated rings. The summed E-state index contributed by atoms with van der Waals surface area (Å²) in [5.41, 5.74) is 3.44. The van der Waals surface area contributed by atoms with Gasteiger partial charge in [-0.05, 0) is 37.3 Å². The molecule has 8 nitrogen and oxygen atoms in total. The molecule has 5 rings (SSSR count). The SMILES string of the molecule is CCN1C(=O)OCc2cnc(N[C@@H](C)c3ccc([C@H](CC4CC4)N4CCNCC4)cc3)nc21. The van der Waals surface area contributed by atoms with Crippen molar-refractivity contribution in [1.29, 1.82) is 0 Å². The number of hydrogen-bond acceptors (Lipinski definition) is 7. The minimum Gasteiger partial charge on any atom is -0.444 e. The minimum absolute atomic E-state index is 0.0452. The third-order valence-electron chi connectivity index (χ3n) is 7.00. The van der Waals surface area contributed by atoms with Gasteiger partial charge in [-0.25, -0.2) is 9.78 Å². The van der Waals surface area contributed by atoms with Crippen LogP contribution in [0.25, 0.3) is 0 Å². The molecule has 3 heterocycles. The minimum atomic E-state index is -0.358. The first kappa shape index (κ1) is 22.1. The number of hydrogen-bond donors (Lipinski definition) is 2. The first-order chi connectivity index (χ1) is 16.1. The molecule has 1 saturated heterocycles. The fourth-order valence-corrected chi connectivity index (χ4v) is 4.83. The fraction of sp³-hybridized carbons (Fsp3) is 0.560. The molecule has 8 heteroatoms. The number of nitrogens with one attached hydrogen (secondary N) is 2. The van der Waals surface area contributed by atoms with Gasteiger partial charge in [0.25, 0.3) is 0 Å². The molecule has 3 aliphatic rings. The van der Waals surface area contributed by atoms with Crippen molar-refractivity contribution in [3.63, 3.8) is 0 Å². The van der Waals surface area contributed by atoms with E-state index in [9.17, 15) is 4.79 Å². The maximum absolute atomic E-state index is 12.0. The average molecular weight is 451 g/mol. The Labute approximate surface area is 195 Å². The third-order valence-corrected chi connectivity index (χ3v) is 7.00. The highest BCUT2D eigenvalue weighted by Gasteiger charge is 2.30. The second-order valence-corrected chi connectivity index (χ2v) is 9.35. The number of rotatable bonds is 8. The smallest absolute Gasteiger partial charge is 0.415 e. The van der Waals surface area contributed by atoms with Crippen molar-refractivity contribution >= 4 is 17.9 Å². The number of nitrogens with zero attached hydrogens (tertiary/aromatic N) is 4. The van der Waals surface area contributed by atoms with E-state index in [1.165, 1.54) is 30.4 Å². The van der Waals surface area contributed by atoms with Crippen LogP contribution >= 0.6 is 0 Å². The van der Waals surface area contributed by atoms with Crippen LogP contribution in [-0.4, -0.2) is 53.7 Å². The third kappa shape index (κ3) is 4.96. The Morgan fingerprint density at radius 2 is 1.91 bits per heavy atom. The van der Waals surface area contributed by atoms with Crippen molar-refractivity contribution in [3.05, 3.63) is 47.2 Å². The number of amides is 1. The van der Waals surface area contributed by atoms with E-state index in [0.29, 0.717) is 24.4 Å². The Kier molecular flexibility index (Phi) is 6.46. The van der Waals surface area contributed by atoms with E-state index in [0.717, 1.165) is 37.7 Å². The van der Waals surface area contributed by atoms with Crippen molar-refractivity contribution < 1.29 is 9.53 Å². The lowest BCUT2D eigenvalue weighted by Gasteiger charge is -2.35. The van der Waals surface area contributed by atoms with Crippen LogP contribution in [0.15, 0.2) is 30.5 Å². The van der Waals surface area contributed by atoms with Crippen molar-refractivity contribution in [2.75, 3.05) is 42.9 Å². The van der Waals surface area contributed by atoms with Crippen molar-refractivity contribution in [2.24, 2.45) is 5.92 Å². The molecule has 0 radical (unpaired) electrons. The summed E-state index contributed by atoms with van der Waals surface area (Å²) in [4.78, 5) is 25.3. The molecule has 33 heavy (non-hydrogen) atoms. The van der Waals surface area contributed by atoms with Crippen LogP contribution in [0, 0.1) is 5.92 Å². The summed E-state index contributed by atoms with van der Waals surface area (Å²) in [7, 11) is 0. The first-order valence-corrected chi connectivity index (χ1v) is 12.2. The van der Waals surface area contributed by atoms with Crippen LogP contribution in [-0.2, 0) is 11.3 Å². The normalized spacial score (nSPS) is 20.7. The Morgan fingerprint density at radius 1 is 1.18 bits per heavy atom. The Balaban J connectivity index is 1.29. The Bertz CT molecular complexity index is 971. The van der Waals surface area contributed by atoms with E-state index in [1.54, 1.807) is 11.1 Å². The van der Waals surface area contributed by atoms with Crippen LogP contribution in [0.1, 0.15) is 61.9 Å². The van der Waals surface area contributed by atoms with Gasteiger partial charge in [-0.15, -0.1) is 0 Å². The number of aromatic nitrogens is 2. The second-order valence-electron chi connectivity index (χ2n) is 9.35. The molecule has 1 amide bonds. The van der Waals surface area contributed by atoms with Gasteiger partial charge in [0, 0.05) is 45.0 Å². The van der Waals surface area contributed by atoms with Gasteiger partial charge in [-0.1, -0.05) is 37.1 Å². The summed E-state index contributed by atoms with van der Waals surface area (Å²) in [5, 5.41) is 6.88. The molecule has 1 saturated carbocycles. The molecule has 1 aliphatic carbocycles. The zero-order chi connectivity index (χ0) is 22.8. The van der Waals surface area contributed by atoms with Gasteiger partial charge in [0.2, 0.25) is 5.95 Å². The van der Waals surface area contributed by atoms with Crippen LogP contribution in [0.5, 0.6) is 0 Å². The highest BCUT2D eigenvalue weighted by atomic mass is 16.6. The highest BCUT2D eigenvalue weighted by molar-refractivity contribution is 5.89. The number of carbonyl (C=O) groups is 1. The molecule has 0 spiro atoms. The second kappa shape index (κ2) is 9.65. The quantitative estimate of drug-likeness (QED) is 0.632. The van der Waals surface area contributed by atoms with Crippen LogP contribution in [0.2, 0.25) is 0 Å². The summed E-state index contributed by atoms with van der Waals surface area (Å²) < 4.78 is 5.18. The van der Waals surface area contributed by atoms with Crippen LogP contribution < -0.4 is 15.5 Å². The van der Waals surface area contributed by atoms with Gasteiger partial charge in [-0.2, -0.15) is 4.98 Å². The molecule has 0 bridgehead atoms. The number of ether oxygens (including phenoxy) is 1. The van der Waals surface area contributed by atoms with E-state index in [1.807, 2.05) is 6.92 Å². The maximum Gasteiger partial charge on any atom is 0.415 e. The summed E-state index contributed by atoms with van der Waals surface area (Å²) in [5.74, 6) is 2.05. The average Bonchev–Trinajstić information content (AvgIpc) is 3.67. The van der Waals surface area contributed by atoms with Gasteiger partial charge in [0.15, 0.2) is 0 Å². The summed E-state index contributed by atoms with van der Waals surface area (Å²) in [6, 6.07) is 9.60. The predicted octanol–water partition coefficient (Wildman–Crippen LogP) is 3.87. The molecule has 176 valence electrons. The lowest BCUT2D eigenvalue weighted by molar-refractivity contribution is 0.141. The summed E-state index contributed by atoms with van der Waals surface area (Å²) >= 11 is 0. The topological polar surface area (TPSA) is 82.6 Å². The van der Waals surface area contributed by atoms with Crippen molar-refractivity contribution in [2.45, 2.75) is 51.8 Å².